The molecule has 0 atom stereocenters. The maximum absolute atomic E-state index is 5.50. The molecule has 0 aromatic rings. The van der Waals surface area contributed by atoms with E-state index in [4.69, 9.17) is 10.5 Å². The number of hydrogen-bond acceptors (Lipinski definition) is 2. The predicted octanol–water partition coefficient (Wildman–Crippen LogP) is 3.74. The van der Waals surface area contributed by atoms with E-state index in [1.807, 2.05) is 0 Å². The fourth-order valence-electron chi connectivity index (χ4n) is 2.17. The highest BCUT2D eigenvalue weighted by Gasteiger charge is 2.05. The summed E-state index contributed by atoms with van der Waals surface area (Å²) in [7, 11) is 0. The summed E-state index contributed by atoms with van der Waals surface area (Å²) in [6.45, 7) is 7.08. The minimum atomic E-state index is 0.745. The summed E-state index contributed by atoms with van der Waals surface area (Å²) in [5.41, 5.74) is 5.40. The molecule has 0 aliphatic carbocycles. The maximum atomic E-state index is 5.50. The standard InChI is InChI=1S/C14H31NO/c1-3-8-14(9-4-2)10-5-6-12-16-13-7-11-15/h14H,3-13,15H2,1-2H3. The SMILES string of the molecule is CCCC(CCC)CCCCOCCCN. The van der Waals surface area contributed by atoms with E-state index in [1.165, 1.54) is 44.9 Å². The molecule has 0 bridgehead atoms. The molecule has 0 rings (SSSR count). The summed E-state index contributed by atoms with van der Waals surface area (Å²) >= 11 is 0. The monoisotopic (exact) mass is 229 g/mol. The topological polar surface area (TPSA) is 35.2 Å². The molecule has 0 aromatic heterocycles. The van der Waals surface area contributed by atoms with Crippen molar-refractivity contribution in [2.75, 3.05) is 19.8 Å². The molecular formula is C14H31NO. The van der Waals surface area contributed by atoms with Crippen molar-refractivity contribution in [3.05, 3.63) is 0 Å². The van der Waals surface area contributed by atoms with E-state index in [9.17, 15) is 0 Å². The van der Waals surface area contributed by atoms with Crippen LogP contribution in [0.4, 0.5) is 0 Å². The third-order valence-corrected chi connectivity index (χ3v) is 3.04. The Morgan fingerprint density at radius 1 is 0.875 bits per heavy atom. The molecule has 0 saturated carbocycles. The molecule has 0 heterocycles. The van der Waals surface area contributed by atoms with E-state index in [1.54, 1.807) is 0 Å². The average molecular weight is 229 g/mol. The van der Waals surface area contributed by atoms with Gasteiger partial charge in [0, 0.05) is 13.2 Å². The van der Waals surface area contributed by atoms with Crippen LogP contribution in [0.25, 0.3) is 0 Å². The van der Waals surface area contributed by atoms with Gasteiger partial charge >= 0.3 is 0 Å². The van der Waals surface area contributed by atoms with Crippen LogP contribution < -0.4 is 5.73 Å². The van der Waals surface area contributed by atoms with Gasteiger partial charge in [-0.15, -0.1) is 0 Å². The van der Waals surface area contributed by atoms with E-state index in [-0.39, 0.29) is 0 Å². The molecule has 0 saturated heterocycles. The quantitative estimate of drug-likeness (QED) is 0.517. The van der Waals surface area contributed by atoms with Gasteiger partial charge in [-0.1, -0.05) is 52.4 Å². The molecule has 2 N–H and O–H groups in total. The van der Waals surface area contributed by atoms with Crippen molar-refractivity contribution < 1.29 is 4.74 Å². The lowest BCUT2D eigenvalue weighted by atomic mass is 9.93. The molecule has 0 radical (unpaired) electrons. The van der Waals surface area contributed by atoms with E-state index in [0.717, 1.165) is 32.1 Å². The van der Waals surface area contributed by atoms with Gasteiger partial charge < -0.3 is 10.5 Å². The van der Waals surface area contributed by atoms with Crippen LogP contribution in [0, 0.1) is 5.92 Å². The summed E-state index contributed by atoms with van der Waals surface area (Å²) in [5.74, 6) is 0.957. The van der Waals surface area contributed by atoms with Crippen molar-refractivity contribution in [2.45, 2.75) is 65.2 Å². The molecule has 16 heavy (non-hydrogen) atoms. The highest BCUT2D eigenvalue weighted by Crippen LogP contribution is 2.19. The van der Waals surface area contributed by atoms with Gasteiger partial charge in [-0.05, 0) is 25.3 Å². The smallest absolute Gasteiger partial charge is 0.0478 e. The Morgan fingerprint density at radius 3 is 2.06 bits per heavy atom. The summed E-state index contributed by atoms with van der Waals surface area (Å²) < 4.78 is 5.50. The van der Waals surface area contributed by atoms with Gasteiger partial charge in [0.15, 0.2) is 0 Å². The number of nitrogens with two attached hydrogens (primary N) is 1. The molecule has 2 heteroatoms. The first-order valence-corrected chi connectivity index (χ1v) is 7.12. The molecule has 0 unspecified atom stereocenters. The van der Waals surface area contributed by atoms with Crippen LogP contribution in [-0.2, 0) is 4.74 Å². The average Bonchev–Trinajstić information content (AvgIpc) is 2.28. The lowest BCUT2D eigenvalue weighted by Crippen LogP contribution is -2.05. The molecular weight excluding hydrogens is 198 g/mol. The van der Waals surface area contributed by atoms with Crippen molar-refractivity contribution in [3.63, 3.8) is 0 Å². The van der Waals surface area contributed by atoms with Gasteiger partial charge in [-0.2, -0.15) is 0 Å². The van der Waals surface area contributed by atoms with Crippen LogP contribution in [0.1, 0.15) is 65.2 Å². The Balaban J connectivity index is 3.25. The Bertz CT molecular complexity index is 122. The predicted molar refractivity (Wildman–Crippen MR) is 71.6 cm³/mol. The van der Waals surface area contributed by atoms with Gasteiger partial charge in [-0.25, -0.2) is 0 Å². The van der Waals surface area contributed by atoms with Gasteiger partial charge in [0.05, 0.1) is 0 Å². The maximum Gasteiger partial charge on any atom is 0.0478 e. The van der Waals surface area contributed by atoms with Crippen molar-refractivity contribution in [1.82, 2.24) is 0 Å². The summed E-state index contributed by atoms with van der Waals surface area (Å²) in [4.78, 5) is 0. The molecule has 0 fully saturated rings. The summed E-state index contributed by atoms with van der Waals surface area (Å²) in [6, 6.07) is 0. The van der Waals surface area contributed by atoms with Crippen molar-refractivity contribution >= 4 is 0 Å². The Hall–Kier alpha value is -0.0800. The fourth-order valence-corrected chi connectivity index (χ4v) is 2.17. The Morgan fingerprint density at radius 2 is 1.50 bits per heavy atom. The molecule has 0 aliphatic rings. The van der Waals surface area contributed by atoms with Crippen LogP contribution in [-0.4, -0.2) is 19.8 Å². The van der Waals surface area contributed by atoms with Crippen LogP contribution in [0.5, 0.6) is 0 Å². The van der Waals surface area contributed by atoms with E-state index in [0.29, 0.717) is 0 Å². The van der Waals surface area contributed by atoms with E-state index < -0.39 is 0 Å². The number of hydrogen-bond donors (Lipinski definition) is 1. The number of unbranched alkanes of at least 4 members (excludes halogenated alkanes) is 1. The first-order chi connectivity index (χ1) is 7.85. The zero-order chi connectivity index (χ0) is 12.1. The van der Waals surface area contributed by atoms with Crippen molar-refractivity contribution in [1.29, 1.82) is 0 Å². The van der Waals surface area contributed by atoms with Gasteiger partial charge in [-0.3, -0.25) is 0 Å². The second-order valence-corrected chi connectivity index (χ2v) is 4.69. The summed E-state index contributed by atoms with van der Waals surface area (Å²) in [5, 5.41) is 0. The minimum absolute atomic E-state index is 0.745. The van der Waals surface area contributed by atoms with Gasteiger partial charge in [0.1, 0.15) is 0 Å². The summed E-state index contributed by atoms with van der Waals surface area (Å²) in [6.07, 6.45) is 10.4. The molecule has 0 amide bonds. The van der Waals surface area contributed by atoms with Crippen LogP contribution in [0.3, 0.4) is 0 Å². The van der Waals surface area contributed by atoms with Gasteiger partial charge in [0.25, 0.3) is 0 Å². The highest BCUT2D eigenvalue weighted by atomic mass is 16.5. The van der Waals surface area contributed by atoms with Crippen molar-refractivity contribution in [3.8, 4) is 0 Å². The van der Waals surface area contributed by atoms with Crippen LogP contribution in [0.2, 0.25) is 0 Å². The zero-order valence-corrected chi connectivity index (χ0v) is 11.3. The van der Waals surface area contributed by atoms with Crippen LogP contribution >= 0.6 is 0 Å². The normalized spacial score (nSPS) is 11.2. The second-order valence-electron chi connectivity index (χ2n) is 4.69. The Labute approximate surface area is 102 Å². The molecule has 0 aromatic carbocycles. The van der Waals surface area contributed by atoms with Crippen molar-refractivity contribution in [2.24, 2.45) is 11.7 Å². The molecule has 0 spiro atoms. The highest BCUT2D eigenvalue weighted by molar-refractivity contribution is 4.58. The van der Waals surface area contributed by atoms with E-state index in [2.05, 4.69) is 13.8 Å². The first kappa shape index (κ1) is 15.9. The largest absolute Gasteiger partial charge is 0.381 e. The lowest BCUT2D eigenvalue weighted by Gasteiger charge is -2.14. The van der Waals surface area contributed by atoms with Gasteiger partial charge in [0.2, 0.25) is 0 Å². The third kappa shape index (κ3) is 10.4. The molecule has 98 valence electrons. The first-order valence-electron chi connectivity index (χ1n) is 7.12. The molecule has 0 aliphatic heterocycles. The zero-order valence-electron chi connectivity index (χ0n) is 11.3. The fraction of sp³-hybridized carbons (Fsp3) is 1.00. The molecule has 2 nitrogen and oxygen atoms in total. The second kappa shape index (κ2) is 13.0. The third-order valence-electron chi connectivity index (χ3n) is 3.04. The minimum Gasteiger partial charge on any atom is -0.381 e. The number of rotatable bonds is 12. The lowest BCUT2D eigenvalue weighted by molar-refractivity contribution is 0.127. The van der Waals surface area contributed by atoms with E-state index >= 15 is 0 Å². The van der Waals surface area contributed by atoms with Crippen LogP contribution in [0.15, 0.2) is 0 Å². The number of ether oxygens (including phenoxy) is 1. The Kier molecular flexibility index (Phi) is 12.9.